The third-order valence-corrected chi connectivity index (χ3v) is 6.06. The first-order valence-electron chi connectivity index (χ1n) is 11.9. The van der Waals surface area contributed by atoms with E-state index >= 15 is 4.39 Å². The quantitative estimate of drug-likeness (QED) is 0.305. The van der Waals surface area contributed by atoms with Crippen LogP contribution in [-0.4, -0.2) is 26.1 Å². The van der Waals surface area contributed by atoms with E-state index in [2.05, 4.69) is 0 Å². The summed E-state index contributed by atoms with van der Waals surface area (Å²) in [6.07, 6.45) is 2.03. The van der Waals surface area contributed by atoms with Crippen LogP contribution in [-0.2, 0) is 9.47 Å². The van der Waals surface area contributed by atoms with Gasteiger partial charge in [-0.2, -0.15) is 4.39 Å². The Morgan fingerprint density at radius 2 is 1.29 bits per heavy atom. The van der Waals surface area contributed by atoms with E-state index in [0.717, 1.165) is 12.8 Å². The SMILES string of the molecule is CCCOc1ccc(-c2ccc(-c3ccc(C4COC(CCC)OC4)c(F)c3F)cc2)c(F)c1F. The summed E-state index contributed by atoms with van der Waals surface area (Å²) in [5, 5.41) is 0. The molecule has 3 aromatic carbocycles. The molecular weight excluding hydrogens is 460 g/mol. The Labute approximate surface area is 202 Å². The summed E-state index contributed by atoms with van der Waals surface area (Å²) in [7, 11) is 0. The van der Waals surface area contributed by atoms with Crippen molar-refractivity contribution >= 4 is 0 Å². The predicted octanol–water partition coefficient (Wildman–Crippen LogP) is 7.62. The van der Waals surface area contributed by atoms with Crippen LogP contribution in [0.2, 0.25) is 0 Å². The summed E-state index contributed by atoms with van der Waals surface area (Å²) in [5.41, 5.74) is 1.16. The molecule has 0 radical (unpaired) electrons. The molecule has 0 spiro atoms. The molecule has 0 bridgehead atoms. The normalized spacial score (nSPS) is 18.0. The van der Waals surface area contributed by atoms with Crippen molar-refractivity contribution in [2.45, 2.75) is 45.3 Å². The monoisotopic (exact) mass is 488 g/mol. The minimum absolute atomic E-state index is 0.0542. The van der Waals surface area contributed by atoms with Crippen molar-refractivity contribution in [2.75, 3.05) is 19.8 Å². The highest BCUT2D eigenvalue weighted by Crippen LogP contribution is 2.34. The first kappa shape index (κ1) is 25.2. The highest BCUT2D eigenvalue weighted by molar-refractivity contribution is 5.71. The number of benzene rings is 3. The van der Waals surface area contributed by atoms with E-state index in [1.807, 2.05) is 13.8 Å². The fraction of sp³-hybridized carbons (Fsp3) is 0.357. The molecule has 1 saturated heterocycles. The lowest BCUT2D eigenvalue weighted by atomic mass is 9.94. The van der Waals surface area contributed by atoms with Crippen LogP contribution in [0.25, 0.3) is 22.3 Å². The lowest BCUT2D eigenvalue weighted by Crippen LogP contribution is -2.31. The van der Waals surface area contributed by atoms with Gasteiger partial charge in [0.25, 0.3) is 0 Å². The smallest absolute Gasteiger partial charge is 0.201 e. The van der Waals surface area contributed by atoms with Crippen LogP contribution >= 0.6 is 0 Å². The molecule has 0 aliphatic carbocycles. The summed E-state index contributed by atoms with van der Waals surface area (Å²) < 4.78 is 75.4. The van der Waals surface area contributed by atoms with Crippen molar-refractivity contribution in [2.24, 2.45) is 0 Å². The van der Waals surface area contributed by atoms with Crippen LogP contribution in [0.4, 0.5) is 17.6 Å². The van der Waals surface area contributed by atoms with E-state index in [1.54, 1.807) is 30.3 Å². The Kier molecular flexibility index (Phi) is 8.08. The van der Waals surface area contributed by atoms with Crippen LogP contribution < -0.4 is 4.74 Å². The van der Waals surface area contributed by atoms with Gasteiger partial charge in [-0.3, -0.25) is 0 Å². The first-order valence-corrected chi connectivity index (χ1v) is 11.9. The van der Waals surface area contributed by atoms with Crippen molar-refractivity contribution in [3.63, 3.8) is 0 Å². The zero-order valence-electron chi connectivity index (χ0n) is 19.8. The molecule has 0 aromatic heterocycles. The van der Waals surface area contributed by atoms with Gasteiger partial charge in [0.05, 0.1) is 19.8 Å². The summed E-state index contributed by atoms with van der Waals surface area (Å²) in [5.74, 6) is -4.52. The summed E-state index contributed by atoms with van der Waals surface area (Å²) in [6.45, 7) is 4.70. The van der Waals surface area contributed by atoms with Crippen molar-refractivity contribution in [3.8, 4) is 28.0 Å². The van der Waals surface area contributed by atoms with E-state index in [0.29, 0.717) is 17.5 Å². The van der Waals surface area contributed by atoms with Gasteiger partial charge in [0, 0.05) is 17.0 Å². The van der Waals surface area contributed by atoms with Gasteiger partial charge in [-0.1, -0.05) is 56.7 Å². The molecule has 1 fully saturated rings. The lowest BCUT2D eigenvalue weighted by Gasteiger charge is -2.29. The highest BCUT2D eigenvalue weighted by Gasteiger charge is 2.27. The molecule has 7 heteroatoms. The van der Waals surface area contributed by atoms with E-state index in [9.17, 15) is 13.2 Å². The van der Waals surface area contributed by atoms with Crippen LogP contribution in [0.15, 0.2) is 48.5 Å². The topological polar surface area (TPSA) is 27.7 Å². The third kappa shape index (κ3) is 5.36. The van der Waals surface area contributed by atoms with Crippen LogP contribution in [0.5, 0.6) is 5.75 Å². The Balaban J connectivity index is 1.54. The van der Waals surface area contributed by atoms with Gasteiger partial charge in [0.1, 0.15) is 0 Å². The number of ether oxygens (including phenoxy) is 3. The van der Waals surface area contributed by atoms with Crippen LogP contribution in [0.3, 0.4) is 0 Å². The average molecular weight is 489 g/mol. The van der Waals surface area contributed by atoms with Crippen molar-refractivity contribution in [1.29, 1.82) is 0 Å². The number of halogens is 4. The number of hydrogen-bond acceptors (Lipinski definition) is 3. The number of hydrogen-bond donors (Lipinski definition) is 0. The molecule has 1 aliphatic rings. The number of rotatable bonds is 8. The molecule has 0 amide bonds. The Morgan fingerprint density at radius 1 is 0.714 bits per heavy atom. The molecule has 0 N–H and O–H groups in total. The van der Waals surface area contributed by atoms with E-state index in [4.69, 9.17) is 14.2 Å². The second-order valence-corrected chi connectivity index (χ2v) is 8.58. The van der Waals surface area contributed by atoms with Gasteiger partial charge < -0.3 is 14.2 Å². The van der Waals surface area contributed by atoms with Gasteiger partial charge in [-0.25, -0.2) is 13.2 Å². The fourth-order valence-corrected chi connectivity index (χ4v) is 4.14. The molecular formula is C28H28F4O3. The Hall–Kier alpha value is -2.90. The van der Waals surface area contributed by atoms with Gasteiger partial charge in [-0.15, -0.1) is 0 Å². The minimum Gasteiger partial charge on any atom is -0.490 e. The molecule has 3 aromatic rings. The van der Waals surface area contributed by atoms with Crippen molar-refractivity contribution in [1.82, 2.24) is 0 Å². The predicted molar refractivity (Wildman–Crippen MR) is 126 cm³/mol. The minimum atomic E-state index is -1.06. The maximum Gasteiger partial charge on any atom is 0.201 e. The Morgan fingerprint density at radius 3 is 1.86 bits per heavy atom. The first-order chi connectivity index (χ1) is 16.9. The molecule has 35 heavy (non-hydrogen) atoms. The summed E-state index contributed by atoms with van der Waals surface area (Å²) >= 11 is 0. The fourth-order valence-electron chi connectivity index (χ4n) is 4.14. The lowest BCUT2D eigenvalue weighted by molar-refractivity contribution is -0.190. The molecule has 0 saturated carbocycles. The van der Waals surface area contributed by atoms with Crippen molar-refractivity contribution < 1.29 is 31.8 Å². The molecule has 186 valence electrons. The third-order valence-electron chi connectivity index (χ3n) is 6.06. The molecule has 4 rings (SSSR count). The highest BCUT2D eigenvalue weighted by atomic mass is 19.2. The molecule has 3 nitrogen and oxygen atoms in total. The van der Waals surface area contributed by atoms with Gasteiger partial charge >= 0.3 is 0 Å². The van der Waals surface area contributed by atoms with E-state index in [-0.39, 0.29) is 48.6 Å². The molecule has 0 atom stereocenters. The molecule has 0 unspecified atom stereocenters. The van der Waals surface area contributed by atoms with Gasteiger partial charge in [0.2, 0.25) is 5.82 Å². The average Bonchev–Trinajstić information content (AvgIpc) is 2.88. The van der Waals surface area contributed by atoms with E-state index in [1.165, 1.54) is 18.2 Å². The zero-order chi connectivity index (χ0) is 24.9. The summed E-state index contributed by atoms with van der Waals surface area (Å²) in [4.78, 5) is 0. The van der Waals surface area contributed by atoms with Gasteiger partial charge in [0.15, 0.2) is 29.5 Å². The second-order valence-electron chi connectivity index (χ2n) is 8.58. The summed E-state index contributed by atoms with van der Waals surface area (Å²) in [6, 6.07) is 12.1. The largest absolute Gasteiger partial charge is 0.490 e. The Bertz CT molecular complexity index is 1160. The van der Waals surface area contributed by atoms with Crippen LogP contribution in [0, 0.1) is 23.3 Å². The van der Waals surface area contributed by atoms with Gasteiger partial charge in [-0.05, 0) is 41.7 Å². The molecule has 1 aliphatic heterocycles. The van der Waals surface area contributed by atoms with E-state index < -0.39 is 29.2 Å². The van der Waals surface area contributed by atoms with Crippen LogP contribution in [0.1, 0.15) is 44.6 Å². The standard InChI is InChI=1S/C28H28F4O3/c1-3-5-24-34-15-19(16-35-24)22-11-10-20(25(29)26(22)30)17-6-8-18(9-7-17)21-12-13-23(33-14-4-2)28(32)27(21)31/h6-13,19,24H,3-5,14-16H2,1-2H3. The molecule has 1 heterocycles. The maximum absolute atomic E-state index is 15.0. The maximum atomic E-state index is 15.0. The second kappa shape index (κ2) is 11.2. The van der Waals surface area contributed by atoms with Crippen molar-refractivity contribution in [3.05, 3.63) is 77.4 Å². The zero-order valence-corrected chi connectivity index (χ0v) is 19.8.